The maximum absolute atomic E-state index is 14.3. The first kappa shape index (κ1) is 14.9. The Hall–Kier alpha value is -2.63. The Kier molecular flexibility index (Phi) is 3.40. The molecule has 124 valence electrons. The summed E-state index contributed by atoms with van der Waals surface area (Å²) in [6.07, 6.45) is 3.59. The first-order chi connectivity index (χ1) is 11.6. The Balaban J connectivity index is 1.80. The van der Waals surface area contributed by atoms with Crippen molar-refractivity contribution in [3.8, 4) is 0 Å². The van der Waals surface area contributed by atoms with E-state index in [1.165, 1.54) is 11.0 Å². The third-order valence-electron chi connectivity index (χ3n) is 4.77. The van der Waals surface area contributed by atoms with Crippen LogP contribution in [0.4, 0.5) is 9.18 Å². The Bertz CT molecular complexity index is 769. The largest absolute Gasteiger partial charge is 0.330 e. The van der Waals surface area contributed by atoms with Crippen LogP contribution >= 0.6 is 0 Å². The maximum atomic E-state index is 14.3. The number of carbonyl (C=O) groups excluding carboxylic acids is 2. The van der Waals surface area contributed by atoms with Crippen molar-refractivity contribution in [2.75, 3.05) is 13.1 Å². The van der Waals surface area contributed by atoms with E-state index in [1.54, 1.807) is 29.2 Å². The molecular formula is C18H18FN3O2. The molecule has 0 bridgehead atoms. The highest BCUT2D eigenvalue weighted by molar-refractivity contribution is 6.01. The van der Waals surface area contributed by atoms with Crippen LogP contribution in [0.2, 0.25) is 0 Å². The second-order valence-electron chi connectivity index (χ2n) is 6.33. The zero-order valence-electron chi connectivity index (χ0n) is 13.2. The topological polar surface area (TPSA) is 52.7 Å². The molecule has 4 rings (SSSR count). The van der Waals surface area contributed by atoms with E-state index < -0.39 is 11.9 Å². The van der Waals surface area contributed by atoms with Gasteiger partial charge < -0.3 is 10.2 Å². The smallest absolute Gasteiger partial charge is 0.322 e. The molecule has 2 aliphatic heterocycles. The molecule has 1 fully saturated rings. The Morgan fingerprint density at radius 1 is 1.29 bits per heavy atom. The summed E-state index contributed by atoms with van der Waals surface area (Å²) in [6.45, 7) is 4.41. The van der Waals surface area contributed by atoms with E-state index >= 15 is 0 Å². The van der Waals surface area contributed by atoms with Gasteiger partial charge in [-0.3, -0.25) is 9.69 Å². The summed E-state index contributed by atoms with van der Waals surface area (Å²) in [5.74, 6) is -0.528. The normalized spacial score (nSPS) is 23.5. The average molecular weight is 327 g/mol. The van der Waals surface area contributed by atoms with Crippen LogP contribution in [0.1, 0.15) is 24.4 Å². The minimum absolute atomic E-state index is 0.102. The number of hydrogen-bond acceptors (Lipinski definition) is 2. The van der Waals surface area contributed by atoms with Crippen LogP contribution in [0.5, 0.6) is 0 Å². The van der Waals surface area contributed by atoms with Crippen molar-refractivity contribution < 1.29 is 14.0 Å². The number of nitrogens with one attached hydrogen (secondary N) is 1. The van der Waals surface area contributed by atoms with Gasteiger partial charge in [-0.05, 0) is 18.9 Å². The standard InChI is InChI=1S/C18H18FN3O2/c1-2-9-21-14-10-22(11-7-8-11)17(23)15(14)16(20-18(21)24)12-5-3-4-6-13(12)19/h2-6,11,16H,1,7-10H2,(H,20,24)/t16-/m0/s1. The van der Waals surface area contributed by atoms with E-state index in [2.05, 4.69) is 11.9 Å². The monoisotopic (exact) mass is 327 g/mol. The van der Waals surface area contributed by atoms with Crippen molar-refractivity contribution in [3.63, 3.8) is 0 Å². The van der Waals surface area contributed by atoms with Crippen molar-refractivity contribution in [3.05, 3.63) is 59.6 Å². The lowest BCUT2D eigenvalue weighted by Crippen LogP contribution is -2.47. The fourth-order valence-corrected chi connectivity index (χ4v) is 3.46. The molecule has 0 radical (unpaired) electrons. The van der Waals surface area contributed by atoms with Crippen molar-refractivity contribution >= 4 is 11.9 Å². The molecule has 5 nitrogen and oxygen atoms in total. The lowest BCUT2D eigenvalue weighted by Gasteiger charge is -2.33. The lowest BCUT2D eigenvalue weighted by atomic mass is 9.95. The SMILES string of the molecule is C=CCN1C(=O)N[C@@H](c2ccccc2F)C2=C1CN(C1CC1)C2=O. The minimum atomic E-state index is -0.744. The summed E-state index contributed by atoms with van der Waals surface area (Å²) in [5, 5.41) is 2.78. The molecule has 1 aromatic carbocycles. The van der Waals surface area contributed by atoms with Crippen LogP contribution in [0.3, 0.4) is 0 Å². The number of nitrogens with zero attached hydrogens (tertiary/aromatic N) is 2. The number of carbonyl (C=O) groups is 2. The maximum Gasteiger partial charge on any atom is 0.322 e. The fraction of sp³-hybridized carbons (Fsp3) is 0.333. The fourth-order valence-electron chi connectivity index (χ4n) is 3.46. The van der Waals surface area contributed by atoms with Crippen LogP contribution in [-0.4, -0.2) is 40.9 Å². The molecule has 0 aromatic heterocycles. The number of rotatable bonds is 4. The van der Waals surface area contributed by atoms with E-state index in [0.717, 1.165) is 12.8 Å². The van der Waals surface area contributed by atoms with Crippen LogP contribution in [0, 0.1) is 5.82 Å². The number of hydrogen-bond donors (Lipinski definition) is 1. The molecule has 0 unspecified atom stereocenters. The van der Waals surface area contributed by atoms with Gasteiger partial charge in [-0.15, -0.1) is 6.58 Å². The van der Waals surface area contributed by atoms with E-state index in [4.69, 9.17) is 0 Å². The molecular weight excluding hydrogens is 309 g/mol. The number of benzene rings is 1. The predicted molar refractivity (Wildman–Crippen MR) is 86.3 cm³/mol. The molecule has 1 atom stereocenters. The number of halogens is 1. The molecule has 1 aliphatic carbocycles. The van der Waals surface area contributed by atoms with Crippen LogP contribution < -0.4 is 5.32 Å². The molecule has 24 heavy (non-hydrogen) atoms. The third kappa shape index (κ3) is 2.21. The van der Waals surface area contributed by atoms with Gasteiger partial charge in [0.15, 0.2) is 0 Å². The van der Waals surface area contributed by atoms with Gasteiger partial charge in [-0.2, -0.15) is 0 Å². The van der Waals surface area contributed by atoms with E-state index in [1.807, 2.05) is 0 Å². The Morgan fingerprint density at radius 3 is 2.71 bits per heavy atom. The van der Waals surface area contributed by atoms with Gasteiger partial charge in [0.05, 0.1) is 23.9 Å². The van der Waals surface area contributed by atoms with Crippen molar-refractivity contribution in [1.82, 2.24) is 15.1 Å². The Labute approximate surface area is 139 Å². The van der Waals surface area contributed by atoms with Gasteiger partial charge in [-0.25, -0.2) is 9.18 Å². The van der Waals surface area contributed by atoms with Crippen LogP contribution in [0.15, 0.2) is 48.2 Å². The average Bonchev–Trinajstić information content (AvgIpc) is 3.35. The Morgan fingerprint density at radius 2 is 2.04 bits per heavy atom. The summed E-state index contributed by atoms with van der Waals surface area (Å²) in [6, 6.07) is 5.43. The summed E-state index contributed by atoms with van der Waals surface area (Å²) in [5.41, 5.74) is 1.47. The summed E-state index contributed by atoms with van der Waals surface area (Å²) in [7, 11) is 0. The van der Waals surface area contributed by atoms with Crippen molar-refractivity contribution in [2.45, 2.75) is 24.9 Å². The van der Waals surface area contributed by atoms with Crippen LogP contribution in [-0.2, 0) is 4.79 Å². The molecule has 0 spiro atoms. The zero-order chi connectivity index (χ0) is 16.8. The molecule has 2 heterocycles. The number of amides is 3. The third-order valence-corrected chi connectivity index (χ3v) is 4.77. The molecule has 1 aromatic rings. The molecule has 6 heteroatoms. The van der Waals surface area contributed by atoms with Gasteiger partial charge in [0.1, 0.15) is 5.82 Å². The zero-order valence-corrected chi connectivity index (χ0v) is 13.2. The first-order valence-electron chi connectivity index (χ1n) is 8.09. The number of urea groups is 1. The molecule has 3 amide bonds. The minimum Gasteiger partial charge on any atom is -0.330 e. The summed E-state index contributed by atoms with van der Waals surface area (Å²) >= 11 is 0. The van der Waals surface area contributed by atoms with E-state index in [9.17, 15) is 14.0 Å². The quantitative estimate of drug-likeness (QED) is 0.863. The highest BCUT2D eigenvalue weighted by atomic mass is 19.1. The van der Waals surface area contributed by atoms with Crippen LogP contribution in [0.25, 0.3) is 0 Å². The van der Waals surface area contributed by atoms with Gasteiger partial charge in [0.25, 0.3) is 5.91 Å². The summed E-state index contributed by atoms with van der Waals surface area (Å²) < 4.78 is 14.3. The predicted octanol–water partition coefficient (Wildman–Crippen LogP) is 2.34. The molecule has 0 saturated heterocycles. The van der Waals surface area contributed by atoms with Gasteiger partial charge in [0, 0.05) is 18.2 Å². The van der Waals surface area contributed by atoms with E-state index in [-0.39, 0.29) is 18.0 Å². The highest BCUT2D eigenvalue weighted by Gasteiger charge is 2.47. The van der Waals surface area contributed by atoms with Gasteiger partial charge in [-0.1, -0.05) is 24.3 Å². The summed E-state index contributed by atoms with van der Waals surface area (Å²) in [4.78, 5) is 28.7. The van der Waals surface area contributed by atoms with Crippen molar-refractivity contribution in [1.29, 1.82) is 0 Å². The molecule has 1 N–H and O–H groups in total. The second-order valence-corrected chi connectivity index (χ2v) is 6.33. The van der Waals surface area contributed by atoms with Gasteiger partial charge in [0.2, 0.25) is 0 Å². The first-order valence-corrected chi connectivity index (χ1v) is 8.09. The molecule has 3 aliphatic rings. The van der Waals surface area contributed by atoms with Gasteiger partial charge >= 0.3 is 6.03 Å². The molecule has 1 saturated carbocycles. The second kappa shape index (κ2) is 5.47. The highest BCUT2D eigenvalue weighted by Crippen LogP contribution is 2.41. The van der Waals surface area contributed by atoms with E-state index in [0.29, 0.717) is 29.9 Å². The van der Waals surface area contributed by atoms with Crippen molar-refractivity contribution in [2.24, 2.45) is 0 Å². The lowest BCUT2D eigenvalue weighted by molar-refractivity contribution is -0.126.